The molecule has 2 fully saturated rings. The summed E-state index contributed by atoms with van der Waals surface area (Å²) in [7, 11) is 0. The molecule has 2 aliphatic heterocycles. The number of rotatable bonds is 54. The first-order valence-electron chi connectivity index (χ1n) is 38.4. The van der Waals surface area contributed by atoms with Gasteiger partial charge < -0.3 is 129 Å². The Morgan fingerprint density at radius 2 is 0.779 bits per heavy atom. The number of nitrogens with two attached hydrogens (primary N) is 7. The second kappa shape index (κ2) is 51.3. The zero-order valence-corrected chi connectivity index (χ0v) is 65.7. The Morgan fingerprint density at radius 3 is 1.27 bits per heavy atom. The maximum absolute atomic E-state index is 14.7. The van der Waals surface area contributed by atoms with Gasteiger partial charge in [0.15, 0.2) is 5.96 Å². The van der Waals surface area contributed by atoms with Gasteiger partial charge in [0.1, 0.15) is 78.5 Å². The molecule has 0 spiro atoms. The number of nitrogens with one attached hydrogen (secondary N) is 14. The number of nitrogens with zero attached hydrogens (tertiary/aromatic N) is 2. The molecule has 113 heavy (non-hydrogen) atoms. The molecule has 0 aromatic rings. The maximum atomic E-state index is 14.7. The van der Waals surface area contributed by atoms with E-state index in [1.165, 1.54) is 30.6 Å². The van der Waals surface area contributed by atoms with E-state index in [4.69, 9.17) is 45.5 Å². The van der Waals surface area contributed by atoms with E-state index in [1.807, 2.05) is 0 Å². The second-order valence-electron chi connectivity index (χ2n) is 28.9. The Balaban J connectivity index is 2.31. The van der Waals surface area contributed by atoms with Crippen molar-refractivity contribution >= 4 is 112 Å². The van der Waals surface area contributed by atoms with Crippen LogP contribution in [-0.4, -0.2) is 263 Å². The number of carbonyl (C=O) groups excluding carboxylic acids is 16. The van der Waals surface area contributed by atoms with Gasteiger partial charge in [0.2, 0.25) is 94.5 Å². The van der Waals surface area contributed by atoms with E-state index >= 15 is 0 Å². The van der Waals surface area contributed by atoms with Gasteiger partial charge in [-0.1, -0.05) is 34.1 Å². The number of amides is 16. The number of carboxylic acids is 2. The van der Waals surface area contributed by atoms with Crippen LogP contribution in [0.5, 0.6) is 0 Å². The average Bonchev–Trinajstić information content (AvgIpc) is 1.73. The minimum atomic E-state index is -1.56. The Bertz CT molecular complexity index is 3290. The lowest BCUT2D eigenvalue weighted by molar-refractivity contribution is -0.143. The Hall–Kier alpha value is -10.4. The lowest BCUT2D eigenvalue weighted by Gasteiger charge is -2.31. The van der Waals surface area contributed by atoms with E-state index < -0.39 is 235 Å². The molecule has 43 heteroatoms. The summed E-state index contributed by atoms with van der Waals surface area (Å²) in [4.78, 5) is 243. The smallest absolute Gasteiger partial charge is 0.326 e. The largest absolute Gasteiger partial charge is 0.481 e. The van der Waals surface area contributed by atoms with Crippen LogP contribution < -0.4 is 109 Å². The molecular weight excluding hydrogens is 1480 g/mol. The van der Waals surface area contributed by atoms with Crippen LogP contribution in [0.25, 0.3) is 0 Å². The molecule has 0 unspecified atom stereocenters. The summed E-state index contributed by atoms with van der Waals surface area (Å²) in [5.41, 5.74) is 39.3. The highest BCUT2D eigenvalue weighted by atomic mass is 16.4. The summed E-state index contributed by atoms with van der Waals surface area (Å²) < 4.78 is 0. The van der Waals surface area contributed by atoms with E-state index in [0.29, 0.717) is 38.6 Å². The van der Waals surface area contributed by atoms with Gasteiger partial charge in [-0.2, -0.15) is 0 Å². The van der Waals surface area contributed by atoms with Gasteiger partial charge in [-0.3, -0.25) is 86.9 Å². The van der Waals surface area contributed by atoms with Crippen LogP contribution in [-0.2, 0) is 86.3 Å². The lowest BCUT2D eigenvalue weighted by atomic mass is 10.0. The normalized spacial score (nSPS) is 17.0. The van der Waals surface area contributed by atoms with Gasteiger partial charge >= 0.3 is 11.9 Å². The number of hydrogen-bond donors (Lipinski definition) is 23. The number of carbonyl (C=O) groups is 18. The Labute approximate surface area is 656 Å². The van der Waals surface area contributed by atoms with E-state index in [0.717, 1.165) is 0 Å². The molecule has 0 aromatic heterocycles. The zero-order valence-electron chi connectivity index (χ0n) is 65.7. The van der Waals surface area contributed by atoms with E-state index in [9.17, 15) is 96.5 Å². The molecule has 638 valence electrons. The summed E-state index contributed by atoms with van der Waals surface area (Å²) in [6.45, 7) is 10.2. The predicted molar refractivity (Wildman–Crippen MR) is 408 cm³/mol. The first kappa shape index (κ1) is 98.6. The molecule has 0 bridgehead atoms. The molecule has 2 saturated heterocycles. The molecule has 0 aliphatic carbocycles. The fourth-order valence-corrected chi connectivity index (χ4v) is 12.2. The molecule has 0 saturated carbocycles. The first-order chi connectivity index (χ1) is 53.2. The van der Waals surface area contributed by atoms with Gasteiger partial charge in [-0.25, -0.2) is 4.79 Å². The van der Waals surface area contributed by atoms with Crippen molar-refractivity contribution in [3.63, 3.8) is 0 Å². The standard InChI is InChI=1S/C70H123N23O20/c1-36(2)54(91-64(107)49-22-16-34-93(49)68(111)46(25-28-53(97)98)88-59(102)41(74)17-8-11-29-71)65(108)80-35-52(96)84-44(23-26-50(75)94)60(103)82-40(7)57(100)87-45(19-10-13-31-73)67(110)92-33-15-21-48(92)63(106)86-43(20-14-32-79-70(77)78)61(104)85-42(18-9-12-30-72)62(105)90-55(37(3)4)66(109)83-38(5)56(99)81-39(6)58(101)89-47(69(112)113)24-27-51(76)95/h36-49,54-55H,8-35,71-74H2,1-7H3,(H2,75,94)(H2,76,95)(H,80,108)(H,81,99)(H,82,103)(H,83,109)(H,84,96)(H,85,104)(H,86,106)(H,87,100)(H,88,102)(H,89,101)(H,90,105)(H,91,107)(H,97,98)(H,112,113)(H4,77,78,79)/t38-,39-,40-,41-,42-,43-,44-,45-,46-,47-,48-,49-,54-,55-/m0/s1. The van der Waals surface area contributed by atoms with Crippen LogP contribution in [0.4, 0.5) is 0 Å². The minimum Gasteiger partial charge on any atom is -0.481 e. The van der Waals surface area contributed by atoms with Crippen LogP contribution in [0.15, 0.2) is 0 Å². The molecule has 0 aromatic carbocycles. The summed E-state index contributed by atoms with van der Waals surface area (Å²) in [6.07, 6.45) is 1.14. The monoisotopic (exact) mass is 1610 g/mol. The molecule has 14 atom stereocenters. The SMILES string of the molecule is CC(C)[C@H](NC(=O)[C@H](CCCCN)NC(=O)[C@H](CCCNC(=N)N)NC(=O)[C@@H]1CCCN1C(=O)[C@H](CCCCN)NC(=O)[C@H](C)NC(=O)[C@H](CCC(N)=O)NC(=O)CNC(=O)[C@@H](NC(=O)[C@@H]1CCCN1C(=O)[C@H](CCC(=O)O)NC(=O)[C@@H](N)CCCCN)C(C)C)C(=O)N[C@@H](C)C(=O)N[C@@H](C)C(=O)N[C@@H](CCC(N)=O)C(=O)O. The third kappa shape index (κ3) is 35.9. The highest BCUT2D eigenvalue weighted by Gasteiger charge is 2.43. The number of primary amides is 2. The van der Waals surface area contributed by atoms with Crippen molar-refractivity contribution in [3.8, 4) is 0 Å². The van der Waals surface area contributed by atoms with E-state index in [-0.39, 0.29) is 116 Å². The quantitative estimate of drug-likeness (QED) is 0.0153. The number of hydrogen-bond acceptors (Lipinski definition) is 23. The van der Waals surface area contributed by atoms with Crippen LogP contribution in [0.1, 0.15) is 183 Å². The number of unbranched alkanes of at least 4 members (excludes halogenated alkanes) is 3. The third-order valence-electron chi connectivity index (χ3n) is 18.8. The van der Waals surface area contributed by atoms with Crippen molar-refractivity contribution in [2.24, 2.45) is 52.0 Å². The molecule has 2 heterocycles. The van der Waals surface area contributed by atoms with Gasteiger partial charge in [-0.05, 0) is 161 Å². The highest BCUT2D eigenvalue weighted by Crippen LogP contribution is 2.23. The van der Waals surface area contributed by atoms with Crippen molar-refractivity contribution in [3.05, 3.63) is 0 Å². The molecule has 43 nitrogen and oxygen atoms in total. The first-order valence-corrected chi connectivity index (χ1v) is 38.4. The number of carboxylic acid groups (broad SMARTS) is 2. The zero-order chi connectivity index (χ0) is 85.4. The second-order valence-corrected chi connectivity index (χ2v) is 28.9. The Kier molecular flexibility index (Phi) is 44.7. The van der Waals surface area contributed by atoms with Gasteiger partial charge in [0.25, 0.3) is 0 Å². The maximum Gasteiger partial charge on any atom is 0.326 e. The Morgan fingerprint density at radius 1 is 0.398 bits per heavy atom. The molecule has 2 aliphatic rings. The van der Waals surface area contributed by atoms with Crippen molar-refractivity contribution < 1.29 is 96.5 Å². The van der Waals surface area contributed by atoms with Crippen molar-refractivity contribution in [1.29, 1.82) is 5.41 Å². The molecule has 0 radical (unpaired) electrons. The molecule has 16 amide bonds. The van der Waals surface area contributed by atoms with E-state index in [1.54, 1.807) is 27.7 Å². The van der Waals surface area contributed by atoms with Gasteiger partial charge in [0, 0.05) is 38.9 Å². The van der Waals surface area contributed by atoms with Crippen LogP contribution in [0.3, 0.4) is 0 Å². The fraction of sp³-hybridized carbons (Fsp3) is 0.729. The minimum absolute atomic E-state index is 0.00102. The topological polar surface area (TPSA) is 717 Å². The van der Waals surface area contributed by atoms with Gasteiger partial charge in [0.05, 0.1) is 12.6 Å². The highest BCUT2D eigenvalue weighted by molar-refractivity contribution is 6.00. The third-order valence-corrected chi connectivity index (χ3v) is 18.8. The number of aliphatic carboxylic acids is 2. The summed E-state index contributed by atoms with van der Waals surface area (Å²) in [5.74, 6) is -17.9. The van der Waals surface area contributed by atoms with Crippen molar-refractivity contribution in [1.82, 2.24) is 78.9 Å². The molecular formula is C70H123N23O20. The van der Waals surface area contributed by atoms with Crippen molar-refractivity contribution in [2.45, 2.75) is 268 Å². The van der Waals surface area contributed by atoms with Gasteiger partial charge in [-0.15, -0.1) is 0 Å². The van der Waals surface area contributed by atoms with Crippen LogP contribution in [0, 0.1) is 17.2 Å². The van der Waals surface area contributed by atoms with E-state index in [2.05, 4.69) is 69.1 Å². The average molecular weight is 1610 g/mol. The van der Waals surface area contributed by atoms with Crippen LogP contribution in [0.2, 0.25) is 0 Å². The molecule has 30 N–H and O–H groups in total. The van der Waals surface area contributed by atoms with Crippen LogP contribution >= 0.6 is 0 Å². The van der Waals surface area contributed by atoms with Crippen molar-refractivity contribution in [2.75, 3.05) is 45.8 Å². The summed E-state index contributed by atoms with van der Waals surface area (Å²) >= 11 is 0. The summed E-state index contributed by atoms with van der Waals surface area (Å²) in [5, 5.41) is 59.4. The molecule has 2 rings (SSSR count). The lowest BCUT2D eigenvalue weighted by Crippen LogP contribution is -2.60. The summed E-state index contributed by atoms with van der Waals surface area (Å²) in [6, 6.07) is -18.7. The predicted octanol–water partition coefficient (Wildman–Crippen LogP) is -7.75. The fourth-order valence-electron chi connectivity index (χ4n) is 12.2. The number of guanidine groups is 1. The number of likely N-dealkylation sites (tertiary alicyclic amines) is 2.